The molecule has 0 radical (unpaired) electrons. The zero-order chi connectivity index (χ0) is 18.8. The van der Waals surface area contributed by atoms with E-state index in [9.17, 15) is 9.18 Å². The fraction of sp³-hybridized carbons (Fsp3) is 0.409. The quantitative estimate of drug-likeness (QED) is 0.886. The average Bonchev–Trinajstić information content (AvgIpc) is 2.63. The van der Waals surface area contributed by atoms with Crippen LogP contribution in [0.15, 0.2) is 48.5 Å². The van der Waals surface area contributed by atoms with E-state index in [2.05, 4.69) is 12.1 Å². The highest BCUT2D eigenvalue weighted by molar-refractivity contribution is 5.78. The molecule has 5 heteroatoms. The second-order valence-electron chi connectivity index (χ2n) is 8.55. The molecule has 2 N–H and O–H groups in total. The third-order valence-corrected chi connectivity index (χ3v) is 6.76. The van der Waals surface area contributed by atoms with Crippen molar-refractivity contribution in [2.24, 2.45) is 5.73 Å². The van der Waals surface area contributed by atoms with Crippen molar-refractivity contribution in [2.75, 3.05) is 13.6 Å². The first-order chi connectivity index (χ1) is 12.9. The van der Waals surface area contributed by atoms with Crippen molar-refractivity contribution in [2.45, 2.75) is 42.8 Å². The van der Waals surface area contributed by atoms with Gasteiger partial charge in [-0.2, -0.15) is 0 Å². The zero-order valence-corrected chi connectivity index (χ0v) is 15.5. The lowest BCUT2D eigenvalue weighted by molar-refractivity contribution is -0.136. The van der Waals surface area contributed by atoms with Crippen LogP contribution < -0.4 is 5.73 Å². The summed E-state index contributed by atoms with van der Waals surface area (Å²) in [6.07, 6.45) is 3.52. The van der Waals surface area contributed by atoms with E-state index in [1.54, 1.807) is 12.1 Å². The van der Waals surface area contributed by atoms with Crippen LogP contribution in [0, 0.1) is 5.82 Å². The van der Waals surface area contributed by atoms with Gasteiger partial charge in [0.25, 0.3) is 0 Å². The fourth-order valence-corrected chi connectivity index (χ4v) is 5.34. The van der Waals surface area contributed by atoms with Crippen LogP contribution in [0.25, 0.3) is 0 Å². The van der Waals surface area contributed by atoms with Gasteiger partial charge < -0.3 is 15.5 Å². The van der Waals surface area contributed by atoms with Crippen molar-refractivity contribution in [3.63, 3.8) is 0 Å². The number of amides is 2. The van der Waals surface area contributed by atoms with Gasteiger partial charge in [0.2, 0.25) is 0 Å². The zero-order valence-electron chi connectivity index (χ0n) is 15.5. The Morgan fingerprint density at radius 2 is 1.81 bits per heavy atom. The molecule has 0 spiro atoms. The van der Waals surface area contributed by atoms with Crippen LogP contribution in [0.4, 0.5) is 9.18 Å². The van der Waals surface area contributed by atoms with Gasteiger partial charge in [-0.25, -0.2) is 9.18 Å². The molecule has 4 nitrogen and oxygen atoms in total. The number of urea groups is 1. The number of fused-ring (bicyclic) bond motifs is 1. The molecule has 2 aromatic carbocycles. The van der Waals surface area contributed by atoms with Crippen molar-refractivity contribution in [3.05, 3.63) is 71.0 Å². The van der Waals surface area contributed by atoms with Crippen LogP contribution in [0.1, 0.15) is 42.0 Å². The average molecular weight is 365 g/mol. The lowest BCUT2D eigenvalue weighted by atomic mass is 9.44. The van der Waals surface area contributed by atoms with E-state index in [0.29, 0.717) is 6.54 Å². The molecule has 3 saturated carbocycles. The second-order valence-corrected chi connectivity index (χ2v) is 8.55. The monoisotopic (exact) mass is 365 g/mol. The van der Waals surface area contributed by atoms with E-state index in [-0.39, 0.29) is 29.0 Å². The summed E-state index contributed by atoms with van der Waals surface area (Å²) in [6, 6.07) is 14.6. The summed E-state index contributed by atoms with van der Waals surface area (Å²) >= 11 is 0. The molecular weight excluding hydrogens is 341 g/mol. The van der Waals surface area contributed by atoms with Crippen molar-refractivity contribution < 1.29 is 9.18 Å². The molecule has 1 heterocycles. The first-order valence-corrected chi connectivity index (χ1v) is 9.58. The van der Waals surface area contributed by atoms with Crippen LogP contribution in [-0.4, -0.2) is 40.5 Å². The molecule has 0 saturated heterocycles. The van der Waals surface area contributed by atoms with Crippen molar-refractivity contribution in [1.29, 1.82) is 0 Å². The van der Waals surface area contributed by atoms with E-state index in [4.69, 9.17) is 5.73 Å². The second kappa shape index (κ2) is 5.55. The summed E-state index contributed by atoms with van der Waals surface area (Å²) in [5.41, 5.74) is 9.42. The SMILES string of the molecule is CN(C(=O)N1CCc2ccccc2[C@@H]1c1ccc(F)cc1)C12CC(N)(C1)C2. The Kier molecular flexibility index (Phi) is 3.44. The Bertz CT molecular complexity index is 890. The number of carbonyl (C=O) groups is 1. The van der Waals surface area contributed by atoms with Crippen molar-refractivity contribution >= 4 is 6.03 Å². The van der Waals surface area contributed by atoms with Gasteiger partial charge in [0.1, 0.15) is 5.82 Å². The summed E-state index contributed by atoms with van der Waals surface area (Å²) < 4.78 is 13.5. The minimum Gasteiger partial charge on any atom is -0.325 e. The molecule has 2 bridgehead atoms. The van der Waals surface area contributed by atoms with Gasteiger partial charge in [0.15, 0.2) is 0 Å². The van der Waals surface area contributed by atoms with Crippen LogP contribution in [-0.2, 0) is 6.42 Å². The number of hydrogen-bond acceptors (Lipinski definition) is 2. The van der Waals surface area contributed by atoms with Gasteiger partial charge in [-0.15, -0.1) is 0 Å². The molecule has 1 aliphatic heterocycles. The molecule has 0 aromatic heterocycles. The summed E-state index contributed by atoms with van der Waals surface area (Å²) in [5.74, 6) is -0.264. The number of hydrogen-bond donors (Lipinski definition) is 1. The summed E-state index contributed by atoms with van der Waals surface area (Å²) in [4.78, 5) is 17.3. The van der Waals surface area contributed by atoms with Gasteiger partial charge in [-0.1, -0.05) is 36.4 Å². The van der Waals surface area contributed by atoms with Crippen LogP contribution in [0.2, 0.25) is 0 Å². The molecule has 3 fully saturated rings. The maximum Gasteiger partial charge on any atom is 0.321 e. The Hall–Kier alpha value is -2.40. The highest BCUT2D eigenvalue weighted by Crippen LogP contribution is 2.62. The van der Waals surface area contributed by atoms with E-state index in [1.807, 2.05) is 29.0 Å². The summed E-state index contributed by atoms with van der Waals surface area (Å²) in [6.45, 7) is 0.659. The largest absolute Gasteiger partial charge is 0.325 e. The van der Waals surface area contributed by atoms with Crippen LogP contribution in [0.5, 0.6) is 0 Å². The van der Waals surface area contributed by atoms with Crippen molar-refractivity contribution in [3.8, 4) is 0 Å². The molecule has 6 rings (SSSR count). The van der Waals surface area contributed by atoms with Gasteiger partial charge in [-0.3, -0.25) is 0 Å². The van der Waals surface area contributed by atoms with E-state index >= 15 is 0 Å². The molecule has 3 aliphatic carbocycles. The third kappa shape index (κ3) is 2.41. The number of rotatable bonds is 2. The topological polar surface area (TPSA) is 49.6 Å². The minimum absolute atomic E-state index is 0.0422. The van der Waals surface area contributed by atoms with Gasteiger partial charge in [0, 0.05) is 24.7 Å². The Morgan fingerprint density at radius 1 is 1.15 bits per heavy atom. The van der Waals surface area contributed by atoms with E-state index in [0.717, 1.165) is 36.8 Å². The van der Waals surface area contributed by atoms with E-state index in [1.165, 1.54) is 17.7 Å². The summed E-state index contributed by atoms with van der Waals surface area (Å²) in [5, 5.41) is 0. The van der Waals surface area contributed by atoms with E-state index < -0.39 is 0 Å². The van der Waals surface area contributed by atoms with Gasteiger partial charge in [0.05, 0.1) is 6.04 Å². The standard InChI is InChI=1S/C22H24FN3O/c1-25(22-12-21(24,13-22)14-22)20(27)26-11-10-15-4-2-3-5-18(15)19(26)16-6-8-17(23)9-7-16/h2-9,19H,10-14,24H2,1H3/t19-,21?,22?/m0/s1. The molecule has 2 amide bonds. The Labute approximate surface area is 158 Å². The first kappa shape index (κ1) is 16.8. The molecule has 140 valence electrons. The lowest BCUT2D eigenvalue weighted by Crippen LogP contribution is -2.82. The normalized spacial score (nSPS) is 30.8. The van der Waals surface area contributed by atoms with Crippen molar-refractivity contribution in [1.82, 2.24) is 9.80 Å². The summed E-state index contributed by atoms with van der Waals surface area (Å²) in [7, 11) is 1.91. The fourth-order valence-electron chi connectivity index (χ4n) is 5.34. The molecule has 2 aromatic rings. The van der Waals surface area contributed by atoms with Gasteiger partial charge in [-0.05, 0) is 54.5 Å². The molecule has 4 aliphatic rings. The third-order valence-electron chi connectivity index (χ3n) is 6.76. The number of halogens is 1. The smallest absolute Gasteiger partial charge is 0.321 e. The molecular formula is C22H24FN3O. The number of nitrogens with two attached hydrogens (primary N) is 1. The first-order valence-electron chi connectivity index (χ1n) is 9.58. The predicted molar refractivity (Wildman–Crippen MR) is 102 cm³/mol. The minimum atomic E-state index is -0.264. The van der Waals surface area contributed by atoms with Crippen LogP contribution in [0.3, 0.4) is 0 Å². The highest BCUT2D eigenvalue weighted by atomic mass is 19.1. The Morgan fingerprint density at radius 3 is 2.48 bits per heavy atom. The van der Waals surface area contributed by atoms with Gasteiger partial charge >= 0.3 is 6.03 Å². The van der Waals surface area contributed by atoms with Crippen LogP contribution >= 0.6 is 0 Å². The maximum atomic E-state index is 13.5. The number of benzene rings is 2. The lowest BCUT2D eigenvalue weighted by Gasteiger charge is -2.71. The molecule has 27 heavy (non-hydrogen) atoms. The number of carbonyl (C=O) groups excluding carboxylic acids is 1. The Balaban J connectivity index is 1.50. The maximum absolute atomic E-state index is 13.5. The predicted octanol–water partition coefficient (Wildman–Crippen LogP) is 3.46. The molecule has 0 unspecified atom stereocenters. The number of nitrogens with zero attached hydrogens (tertiary/aromatic N) is 2. The highest BCUT2D eigenvalue weighted by Gasteiger charge is 2.69. The molecule has 1 atom stereocenters.